The van der Waals surface area contributed by atoms with Gasteiger partial charge in [0.25, 0.3) is 0 Å². The van der Waals surface area contributed by atoms with Crippen LogP contribution in [0.1, 0.15) is 31.2 Å². The Bertz CT molecular complexity index is 820. The first-order valence-corrected chi connectivity index (χ1v) is 8.92. The van der Waals surface area contributed by atoms with Crippen LogP contribution in [0.2, 0.25) is 0 Å². The Balaban J connectivity index is 1.52. The Morgan fingerprint density at radius 3 is 2.68 bits per heavy atom. The minimum Gasteiger partial charge on any atom is -0.367 e. The molecule has 0 atom stereocenters. The lowest BCUT2D eigenvalue weighted by Gasteiger charge is -2.27. The SMILES string of the molecule is NC1CCC(Nc2cc(NCc3ccccc3)n3nccc3n2)CC1. The van der Waals surface area contributed by atoms with Crippen molar-refractivity contribution in [2.75, 3.05) is 10.6 Å². The van der Waals surface area contributed by atoms with Gasteiger partial charge in [-0.25, -0.2) is 4.98 Å². The lowest BCUT2D eigenvalue weighted by molar-refractivity contribution is 0.410. The predicted molar refractivity (Wildman–Crippen MR) is 101 cm³/mol. The van der Waals surface area contributed by atoms with Crippen molar-refractivity contribution in [1.29, 1.82) is 0 Å². The van der Waals surface area contributed by atoms with Gasteiger partial charge in [0.05, 0.1) is 6.20 Å². The first kappa shape index (κ1) is 15.9. The van der Waals surface area contributed by atoms with Crippen molar-refractivity contribution >= 4 is 17.3 Å². The van der Waals surface area contributed by atoms with E-state index in [9.17, 15) is 0 Å². The van der Waals surface area contributed by atoms with E-state index in [0.29, 0.717) is 12.1 Å². The second-order valence-electron chi connectivity index (χ2n) is 6.72. The summed E-state index contributed by atoms with van der Waals surface area (Å²) in [7, 11) is 0. The molecular weight excluding hydrogens is 312 g/mol. The molecule has 3 aromatic rings. The van der Waals surface area contributed by atoms with E-state index in [1.807, 2.05) is 34.8 Å². The summed E-state index contributed by atoms with van der Waals surface area (Å²) >= 11 is 0. The third-order valence-corrected chi connectivity index (χ3v) is 4.80. The number of hydrogen-bond donors (Lipinski definition) is 3. The minimum absolute atomic E-state index is 0.353. The van der Waals surface area contributed by atoms with Crippen LogP contribution in [-0.4, -0.2) is 26.7 Å². The van der Waals surface area contributed by atoms with E-state index in [1.165, 1.54) is 5.56 Å². The van der Waals surface area contributed by atoms with Crippen LogP contribution in [0.15, 0.2) is 48.7 Å². The molecule has 2 aromatic heterocycles. The second kappa shape index (κ2) is 7.11. The zero-order valence-corrected chi connectivity index (χ0v) is 14.2. The van der Waals surface area contributed by atoms with Gasteiger partial charge in [0.2, 0.25) is 0 Å². The lowest BCUT2D eigenvalue weighted by atomic mass is 9.92. The number of fused-ring (bicyclic) bond motifs is 1. The van der Waals surface area contributed by atoms with Crippen LogP contribution in [-0.2, 0) is 6.54 Å². The summed E-state index contributed by atoms with van der Waals surface area (Å²) in [6.45, 7) is 0.748. The van der Waals surface area contributed by atoms with E-state index in [1.54, 1.807) is 6.20 Å². The number of nitrogens with one attached hydrogen (secondary N) is 2. The van der Waals surface area contributed by atoms with Gasteiger partial charge in [0.1, 0.15) is 11.6 Å². The van der Waals surface area contributed by atoms with Gasteiger partial charge in [-0.1, -0.05) is 30.3 Å². The predicted octanol–water partition coefficient (Wildman–Crippen LogP) is 3.02. The van der Waals surface area contributed by atoms with Crippen LogP contribution in [0, 0.1) is 0 Å². The second-order valence-corrected chi connectivity index (χ2v) is 6.72. The fourth-order valence-electron chi connectivity index (χ4n) is 3.37. The van der Waals surface area contributed by atoms with Crippen LogP contribution in [0.5, 0.6) is 0 Å². The molecule has 0 saturated heterocycles. The molecule has 0 radical (unpaired) electrons. The van der Waals surface area contributed by atoms with Gasteiger partial charge < -0.3 is 16.4 Å². The number of hydrogen-bond acceptors (Lipinski definition) is 5. The monoisotopic (exact) mass is 336 g/mol. The third-order valence-electron chi connectivity index (χ3n) is 4.80. The molecule has 1 aromatic carbocycles. The van der Waals surface area contributed by atoms with Crippen LogP contribution < -0.4 is 16.4 Å². The molecule has 6 nitrogen and oxygen atoms in total. The van der Waals surface area contributed by atoms with Crippen molar-refractivity contribution in [3.05, 3.63) is 54.2 Å². The summed E-state index contributed by atoms with van der Waals surface area (Å²) in [5.74, 6) is 1.83. The molecule has 1 aliphatic carbocycles. The number of benzene rings is 1. The molecule has 130 valence electrons. The number of aromatic nitrogens is 3. The van der Waals surface area contributed by atoms with Crippen LogP contribution >= 0.6 is 0 Å². The Hall–Kier alpha value is -2.60. The lowest BCUT2D eigenvalue weighted by Crippen LogP contribution is -2.33. The van der Waals surface area contributed by atoms with Crippen LogP contribution in [0.3, 0.4) is 0 Å². The topological polar surface area (TPSA) is 80.3 Å². The largest absolute Gasteiger partial charge is 0.367 e. The maximum absolute atomic E-state index is 6.00. The average molecular weight is 336 g/mol. The van der Waals surface area contributed by atoms with E-state index in [2.05, 4.69) is 32.8 Å². The minimum atomic E-state index is 0.353. The molecule has 0 aliphatic heterocycles. The van der Waals surface area contributed by atoms with E-state index in [0.717, 1.165) is 49.5 Å². The molecule has 1 fully saturated rings. The fourth-order valence-corrected chi connectivity index (χ4v) is 3.37. The van der Waals surface area contributed by atoms with Crippen molar-refractivity contribution in [2.24, 2.45) is 5.73 Å². The maximum Gasteiger partial charge on any atom is 0.159 e. The fraction of sp³-hybridized carbons (Fsp3) is 0.368. The van der Waals surface area contributed by atoms with Gasteiger partial charge in [-0.2, -0.15) is 9.61 Å². The summed E-state index contributed by atoms with van der Waals surface area (Å²) in [4.78, 5) is 4.68. The summed E-state index contributed by atoms with van der Waals surface area (Å²) < 4.78 is 1.84. The van der Waals surface area contributed by atoms with E-state index in [-0.39, 0.29) is 0 Å². The molecule has 0 spiro atoms. The van der Waals surface area contributed by atoms with Gasteiger partial charge in [-0.05, 0) is 31.2 Å². The van der Waals surface area contributed by atoms with Crippen LogP contribution in [0.4, 0.5) is 11.6 Å². The Kier molecular flexibility index (Phi) is 4.52. The summed E-state index contributed by atoms with van der Waals surface area (Å²) in [6.07, 6.45) is 6.12. The first-order valence-electron chi connectivity index (χ1n) is 8.92. The Morgan fingerprint density at radius 1 is 1.08 bits per heavy atom. The standard InChI is InChI=1S/C19H24N6/c20-15-6-8-16(9-7-15)23-17-12-19(25-18(24-17)10-11-22-25)21-13-14-4-2-1-3-5-14/h1-5,10-12,15-16,21H,6-9,13,20H2,(H,23,24). The third kappa shape index (κ3) is 3.74. The Morgan fingerprint density at radius 2 is 1.88 bits per heavy atom. The normalized spacial score (nSPS) is 20.5. The Labute approximate surface area is 147 Å². The molecule has 1 aliphatic rings. The molecule has 0 unspecified atom stereocenters. The zero-order chi connectivity index (χ0) is 17.1. The van der Waals surface area contributed by atoms with Gasteiger partial charge in [-0.3, -0.25) is 0 Å². The van der Waals surface area contributed by atoms with E-state index >= 15 is 0 Å². The molecule has 2 heterocycles. The summed E-state index contributed by atoms with van der Waals surface area (Å²) in [5.41, 5.74) is 8.08. The average Bonchev–Trinajstić information content (AvgIpc) is 3.11. The molecule has 0 amide bonds. The molecule has 25 heavy (non-hydrogen) atoms. The number of nitrogens with two attached hydrogens (primary N) is 1. The molecule has 4 N–H and O–H groups in total. The number of nitrogens with zero attached hydrogens (tertiary/aromatic N) is 3. The highest BCUT2D eigenvalue weighted by Crippen LogP contribution is 2.23. The van der Waals surface area contributed by atoms with E-state index in [4.69, 9.17) is 5.73 Å². The molecular formula is C19H24N6. The van der Waals surface area contributed by atoms with Gasteiger partial charge in [0, 0.05) is 30.8 Å². The van der Waals surface area contributed by atoms with Gasteiger partial charge >= 0.3 is 0 Å². The van der Waals surface area contributed by atoms with Crippen LogP contribution in [0.25, 0.3) is 5.65 Å². The molecule has 4 rings (SSSR count). The molecule has 6 heteroatoms. The molecule has 0 bridgehead atoms. The smallest absolute Gasteiger partial charge is 0.159 e. The highest BCUT2D eigenvalue weighted by molar-refractivity contribution is 5.57. The van der Waals surface area contributed by atoms with Crippen molar-refractivity contribution in [1.82, 2.24) is 14.6 Å². The highest BCUT2D eigenvalue weighted by Gasteiger charge is 2.19. The summed E-state index contributed by atoms with van der Waals surface area (Å²) in [6, 6.07) is 15.1. The van der Waals surface area contributed by atoms with Crippen molar-refractivity contribution in [3.8, 4) is 0 Å². The highest BCUT2D eigenvalue weighted by atomic mass is 15.3. The number of rotatable bonds is 5. The van der Waals surface area contributed by atoms with Crippen molar-refractivity contribution in [2.45, 2.75) is 44.3 Å². The zero-order valence-electron chi connectivity index (χ0n) is 14.2. The maximum atomic E-state index is 6.00. The summed E-state index contributed by atoms with van der Waals surface area (Å²) in [5, 5.41) is 11.4. The van der Waals surface area contributed by atoms with Gasteiger partial charge in [0.15, 0.2) is 5.65 Å². The number of anilines is 2. The van der Waals surface area contributed by atoms with Crippen molar-refractivity contribution < 1.29 is 0 Å². The quantitative estimate of drug-likeness (QED) is 0.667. The van der Waals surface area contributed by atoms with E-state index < -0.39 is 0 Å². The molecule has 1 saturated carbocycles. The van der Waals surface area contributed by atoms with Crippen molar-refractivity contribution in [3.63, 3.8) is 0 Å². The first-order chi connectivity index (χ1) is 12.3. The van der Waals surface area contributed by atoms with Gasteiger partial charge in [-0.15, -0.1) is 0 Å².